The molecule has 0 heterocycles. The molecule has 0 radical (unpaired) electrons. The Labute approximate surface area is 109 Å². The summed E-state index contributed by atoms with van der Waals surface area (Å²) in [4.78, 5) is 11.5. The molecule has 1 amide bonds. The van der Waals surface area contributed by atoms with Gasteiger partial charge in [-0.1, -0.05) is 6.42 Å². The van der Waals surface area contributed by atoms with E-state index in [4.69, 9.17) is 16.3 Å². The molecule has 3 nitrogen and oxygen atoms in total. The van der Waals surface area contributed by atoms with Crippen molar-refractivity contribution in [2.75, 3.05) is 12.4 Å². The number of hydrogen-bond acceptors (Lipinski definition) is 2. The summed E-state index contributed by atoms with van der Waals surface area (Å²) in [6, 6.07) is 0. The number of carbonyl (C=O) groups excluding carboxylic acids is 1. The number of alkyl halides is 1. The Bertz CT molecular complexity index is 250. The predicted molar refractivity (Wildman–Crippen MR) is 70.4 cm³/mol. The molecule has 17 heavy (non-hydrogen) atoms. The molecular formula is C13H24ClNO2. The van der Waals surface area contributed by atoms with Crippen LogP contribution in [0.3, 0.4) is 0 Å². The van der Waals surface area contributed by atoms with Crippen LogP contribution in [-0.4, -0.2) is 24.1 Å². The maximum atomic E-state index is 11.5. The third-order valence-corrected chi connectivity index (χ3v) is 3.48. The quantitative estimate of drug-likeness (QED) is 0.789. The Morgan fingerprint density at radius 1 is 1.35 bits per heavy atom. The lowest BCUT2D eigenvalue weighted by Crippen LogP contribution is -2.36. The molecule has 0 unspecified atom stereocenters. The highest BCUT2D eigenvalue weighted by atomic mass is 35.5. The molecule has 0 aromatic heterocycles. The summed E-state index contributed by atoms with van der Waals surface area (Å²) in [5.41, 5.74) is -0.421. The second-order valence-corrected chi connectivity index (χ2v) is 6.24. The Morgan fingerprint density at radius 2 is 2.00 bits per heavy atom. The molecular weight excluding hydrogens is 238 g/mol. The summed E-state index contributed by atoms with van der Waals surface area (Å²) in [6.45, 7) is 6.33. The zero-order valence-electron chi connectivity index (χ0n) is 11.1. The first-order valence-electron chi connectivity index (χ1n) is 6.43. The van der Waals surface area contributed by atoms with Crippen LogP contribution in [0.25, 0.3) is 0 Å². The average molecular weight is 262 g/mol. The Kier molecular flexibility index (Phi) is 5.57. The van der Waals surface area contributed by atoms with Gasteiger partial charge in [-0.2, -0.15) is 0 Å². The van der Waals surface area contributed by atoms with Crippen molar-refractivity contribution in [3.63, 3.8) is 0 Å². The van der Waals surface area contributed by atoms with Crippen LogP contribution in [0.2, 0.25) is 0 Å². The van der Waals surface area contributed by atoms with E-state index in [0.29, 0.717) is 18.4 Å². The van der Waals surface area contributed by atoms with Gasteiger partial charge in [-0.15, -0.1) is 11.6 Å². The second kappa shape index (κ2) is 6.48. The van der Waals surface area contributed by atoms with Gasteiger partial charge in [-0.25, -0.2) is 4.79 Å². The lowest BCUT2D eigenvalue weighted by atomic mass is 9.82. The summed E-state index contributed by atoms with van der Waals surface area (Å²) < 4.78 is 5.21. The van der Waals surface area contributed by atoms with Crippen molar-refractivity contribution in [3.8, 4) is 0 Å². The van der Waals surface area contributed by atoms with Gasteiger partial charge >= 0.3 is 6.09 Å². The van der Waals surface area contributed by atoms with E-state index >= 15 is 0 Å². The molecule has 4 heteroatoms. The number of hydrogen-bond donors (Lipinski definition) is 1. The molecule has 1 saturated carbocycles. The minimum absolute atomic E-state index is 0.314. The minimum atomic E-state index is -0.421. The lowest BCUT2D eigenvalue weighted by Gasteiger charge is -2.28. The van der Waals surface area contributed by atoms with Gasteiger partial charge in [0, 0.05) is 12.4 Å². The third-order valence-electron chi connectivity index (χ3n) is 3.04. The van der Waals surface area contributed by atoms with Crippen LogP contribution in [-0.2, 0) is 4.74 Å². The highest BCUT2D eigenvalue weighted by Crippen LogP contribution is 2.29. The van der Waals surface area contributed by atoms with Crippen LogP contribution >= 0.6 is 11.6 Å². The highest BCUT2D eigenvalue weighted by molar-refractivity contribution is 6.18. The Morgan fingerprint density at radius 3 is 2.59 bits per heavy atom. The molecule has 1 rings (SSSR count). The van der Waals surface area contributed by atoms with Gasteiger partial charge in [-0.05, 0) is 51.9 Å². The van der Waals surface area contributed by atoms with Crippen LogP contribution in [0.15, 0.2) is 0 Å². The van der Waals surface area contributed by atoms with Gasteiger partial charge in [0.05, 0.1) is 0 Å². The molecule has 0 saturated heterocycles. The van der Waals surface area contributed by atoms with Gasteiger partial charge in [0.15, 0.2) is 0 Å². The molecule has 100 valence electrons. The van der Waals surface area contributed by atoms with Crippen molar-refractivity contribution < 1.29 is 9.53 Å². The van der Waals surface area contributed by atoms with E-state index in [2.05, 4.69) is 5.32 Å². The Balaban J connectivity index is 2.23. The largest absolute Gasteiger partial charge is 0.444 e. The van der Waals surface area contributed by atoms with Crippen molar-refractivity contribution in [1.29, 1.82) is 0 Å². The topological polar surface area (TPSA) is 38.3 Å². The fourth-order valence-electron chi connectivity index (χ4n) is 2.27. The van der Waals surface area contributed by atoms with Crippen molar-refractivity contribution in [3.05, 3.63) is 0 Å². The first-order valence-corrected chi connectivity index (χ1v) is 6.97. The van der Waals surface area contributed by atoms with E-state index in [9.17, 15) is 4.79 Å². The minimum Gasteiger partial charge on any atom is -0.444 e. The molecule has 0 bridgehead atoms. The van der Waals surface area contributed by atoms with Crippen LogP contribution in [0.5, 0.6) is 0 Å². The van der Waals surface area contributed by atoms with E-state index in [1.165, 1.54) is 19.3 Å². The van der Waals surface area contributed by atoms with Crippen molar-refractivity contribution in [1.82, 2.24) is 5.32 Å². The van der Waals surface area contributed by atoms with E-state index in [0.717, 1.165) is 12.3 Å². The molecule has 0 spiro atoms. The number of nitrogens with one attached hydrogen (secondary N) is 1. The molecule has 0 aromatic rings. The van der Waals surface area contributed by atoms with Gasteiger partial charge < -0.3 is 10.1 Å². The van der Waals surface area contributed by atoms with Crippen LogP contribution < -0.4 is 5.32 Å². The van der Waals surface area contributed by atoms with Crippen molar-refractivity contribution in [2.45, 2.75) is 52.1 Å². The smallest absolute Gasteiger partial charge is 0.407 e. The molecule has 0 aliphatic heterocycles. The monoisotopic (exact) mass is 261 g/mol. The summed E-state index contributed by atoms with van der Waals surface area (Å²) >= 11 is 5.88. The highest BCUT2D eigenvalue weighted by Gasteiger charge is 2.22. The zero-order valence-corrected chi connectivity index (χ0v) is 11.8. The van der Waals surface area contributed by atoms with Gasteiger partial charge in [0.1, 0.15) is 5.60 Å². The number of amides is 1. The maximum Gasteiger partial charge on any atom is 0.407 e. The number of carbonyl (C=O) groups is 1. The maximum absolute atomic E-state index is 11.5. The summed E-state index contributed by atoms with van der Waals surface area (Å²) in [5, 5.41) is 2.85. The summed E-state index contributed by atoms with van der Waals surface area (Å²) in [7, 11) is 0. The van der Waals surface area contributed by atoms with E-state index in [1.54, 1.807) is 0 Å². The molecule has 1 N–H and O–H groups in total. The normalized spacial score (nSPS) is 25.4. The fraction of sp³-hybridized carbons (Fsp3) is 0.923. The number of ether oxygens (including phenoxy) is 1. The van der Waals surface area contributed by atoms with E-state index in [1.807, 2.05) is 20.8 Å². The SMILES string of the molecule is CC(C)(C)OC(=O)NC[C@@H]1CCC[C@H](CCl)C1. The van der Waals surface area contributed by atoms with Gasteiger partial charge in [-0.3, -0.25) is 0 Å². The van der Waals surface area contributed by atoms with Gasteiger partial charge in [0.25, 0.3) is 0 Å². The van der Waals surface area contributed by atoms with E-state index in [-0.39, 0.29) is 6.09 Å². The molecule has 1 aliphatic rings. The lowest BCUT2D eigenvalue weighted by molar-refractivity contribution is 0.0513. The van der Waals surface area contributed by atoms with E-state index < -0.39 is 5.60 Å². The van der Waals surface area contributed by atoms with Crippen LogP contribution in [0.4, 0.5) is 4.79 Å². The number of rotatable bonds is 3. The summed E-state index contributed by atoms with van der Waals surface area (Å²) in [5.74, 6) is 1.92. The zero-order chi connectivity index (χ0) is 12.9. The standard InChI is InChI=1S/C13H24ClNO2/c1-13(2,3)17-12(16)15-9-11-6-4-5-10(7-11)8-14/h10-11H,4-9H2,1-3H3,(H,15,16)/t10-,11+/m0/s1. The average Bonchev–Trinajstić information content (AvgIpc) is 2.24. The first-order chi connectivity index (χ1) is 7.90. The van der Waals surface area contributed by atoms with Crippen LogP contribution in [0, 0.1) is 11.8 Å². The van der Waals surface area contributed by atoms with Crippen molar-refractivity contribution in [2.24, 2.45) is 11.8 Å². The Hall–Kier alpha value is -0.440. The molecule has 0 aromatic carbocycles. The second-order valence-electron chi connectivity index (χ2n) is 5.94. The fourth-order valence-corrected chi connectivity index (χ4v) is 2.55. The van der Waals surface area contributed by atoms with Crippen LogP contribution in [0.1, 0.15) is 46.5 Å². The van der Waals surface area contributed by atoms with Crippen molar-refractivity contribution >= 4 is 17.7 Å². The molecule has 1 fully saturated rings. The number of alkyl carbamates (subject to hydrolysis) is 1. The predicted octanol–water partition coefficient (Wildman–Crippen LogP) is 3.56. The molecule has 1 aliphatic carbocycles. The third kappa shape index (κ3) is 6.16. The van der Waals surface area contributed by atoms with Gasteiger partial charge in [0.2, 0.25) is 0 Å². The number of halogens is 1. The molecule has 2 atom stereocenters. The summed E-state index contributed by atoms with van der Waals surface area (Å²) in [6.07, 6.45) is 4.44. The first kappa shape index (κ1) is 14.6.